The van der Waals surface area contributed by atoms with Crippen LogP contribution in [0.5, 0.6) is 5.75 Å². The Morgan fingerprint density at radius 1 is 1.20 bits per heavy atom. The molecule has 0 aromatic heterocycles. The first-order valence-corrected chi connectivity index (χ1v) is 7.85. The quantitative estimate of drug-likeness (QED) is 0.825. The van der Waals surface area contributed by atoms with E-state index in [-0.39, 0.29) is 16.3 Å². The van der Waals surface area contributed by atoms with E-state index < -0.39 is 15.8 Å². The number of hydrogen-bond donors (Lipinski definition) is 2. The van der Waals surface area contributed by atoms with E-state index in [9.17, 15) is 17.9 Å². The summed E-state index contributed by atoms with van der Waals surface area (Å²) in [6.45, 7) is 1.56. The minimum absolute atomic E-state index is 0.0167. The topological polar surface area (TPSA) is 66.4 Å². The zero-order chi connectivity index (χ0) is 14.9. The Labute approximate surface area is 124 Å². The molecule has 0 bridgehead atoms. The van der Waals surface area contributed by atoms with Gasteiger partial charge in [0.2, 0.25) is 0 Å². The molecule has 0 unspecified atom stereocenters. The SMILES string of the molecule is Cc1ccc(F)cc1S(=O)(=O)Nc1cc(Br)ccc1O. The highest BCUT2D eigenvalue weighted by atomic mass is 79.9. The molecule has 0 atom stereocenters. The van der Waals surface area contributed by atoms with E-state index in [1.165, 1.54) is 24.3 Å². The van der Waals surface area contributed by atoms with E-state index in [0.29, 0.717) is 10.0 Å². The second kappa shape index (κ2) is 5.41. The number of hydrogen-bond acceptors (Lipinski definition) is 3. The molecule has 7 heteroatoms. The molecule has 0 aliphatic rings. The molecule has 2 aromatic rings. The molecule has 2 rings (SSSR count). The van der Waals surface area contributed by atoms with Crippen molar-refractivity contribution < 1.29 is 17.9 Å². The summed E-state index contributed by atoms with van der Waals surface area (Å²) in [5.41, 5.74) is 0.427. The third-order valence-electron chi connectivity index (χ3n) is 2.64. The van der Waals surface area contributed by atoms with Gasteiger partial charge in [-0.2, -0.15) is 0 Å². The van der Waals surface area contributed by atoms with Crippen molar-refractivity contribution in [1.29, 1.82) is 0 Å². The lowest BCUT2D eigenvalue weighted by molar-refractivity contribution is 0.477. The number of sulfonamides is 1. The van der Waals surface area contributed by atoms with Gasteiger partial charge in [-0.15, -0.1) is 0 Å². The van der Waals surface area contributed by atoms with E-state index in [4.69, 9.17) is 0 Å². The number of anilines is 1. The van der Waals surface area contributed by atoms with Crippen molar-refractivity contribution in [3.63, 3.8) is 0 Å². The van der Waals surface area contributed by atoms with Crippen LogP contribution in [0.4, 0.5) is 10.1 Å². The number of rotatable bonds is 3. The van der Waals surface area contributed by atoms with Gasteiger partial charge in [0, 0.05) is 4.47 Å². The molecule has 2 N–H and O–H groups in total. The van der Waals surface area contributed by atoms with Gasteiger partial charge in [-0.3, -0.25) is 4.72 Å². The summed E-state index contributed by atoms with van der Waals surface area (Å²) in [5.74, 6) is -0.861. The molecule has 2 aromatic carbocycles. The van der Waals surface area contributed by atoms with Gasteiger partial charge in [-0.1, -0.05) is 22.0 Å². The summed E-state index contributed by atoms with van der Waals surface area (Å²) < 4.78 is 40.5. The zero-order valence-electron chi connectivity index (χ0n) is 10.4. The third-order valence-corrected chi connectivity index (χ3v) is 4.64. The van der Waals surface area contributed by atoms with Crippen LogP contribution in [0.3, 0.4) is 0 Å². The van der Waals surface area contributed by atoms with E-state index >= 15 is 0 Å². The van der Waals surface area contributed by atoms with Crippen LogP contribution in [-0.4, -0.2) is 13.5 Å². The maximum atomic E-state index is 13.2. The molecule has 0 fully saturated rings. The second-order valence-corrected chi connectivity index (χ2v) is 6.74. The smallest absolute Gasteiger partial charge is 0.262 e. The predicted octanol–water partition coefficient (Wildman–Crippen LogP) is 3.40. The Morgan fingerprint density at radius 2 is 1.90 bits per heavy atom. The first kappa shape index (κ1) is 14.8. The van der Waals surface area contributed by atoms with E-state index in [1.54, 1.807) is 13.0 Å². The molecule has 0 aliphatic carbocycles. The Morgan fingerprint density at radius 3 is 2.60 bits per heavy atom. The van der Waals surface area contributed by atoms with Crippen LogP contribution in [0.2, 0.25) is 0 Å². The monoisotopic (exact) mass is 359 g/mol. The van der Waals surface area contributed by atoms with Gasteiger partial charge in [-0.05, 0) is 42.8 Å². The van der Waals surface area contributed by atoms with E-state index in [2.05, 4.69) is 20.7 Å². The molecule has 0 saturated heterocycles. The number of aromatic hydroxyl groups is 1. The molecule has 106 valence electrons. The number of benzene rings is 2. The number of phenols is 1. The van der Waals surface area contributed by atoms with Crippen LogP contribution in [0.15, 0.2) is 45.8 Å². The molecule has 0 amide bonds. The molecule has 0 radical (unpaired) electrons. The van der Waals surface area contributed by atoms with Crippen LogP contribution in [0, 0.1) is 12.7 Å². The van der Waals surface area contributed by atoms with Crippen molar-refractivity contribution in [2.24, 2.45) is 0 Å². The van der Waals surface area contributed by atoms with Gasteiger partial charge in [0.05, 0.1) is 10.6 Å². The Balaban J connectivity index is 2.46. The van der Waals surface area contributed by atoms with Crippen molar-refractivity contribution in [3.8, 4) is 5.75 Å². The average molecular weight is 360 g/mol. The lowest BCUT2D eigenvalue weighted by atomic mass is 10.2. The maximum absolute atomic E-state index is 13.2. The lowest BCUT2D eigenvalue weighted by Crippen LogP contribution is -2.14. The van der Waals surface area contributed by atoms with Crippen LogP contribution in [0.25, 0.3) is 0 Å². The minimum atomic E-state index is -3.98. The van der Waals surface area contributed by atoms with Crippen molar-refractivity contribution in [2.75, 3.05) is 4.72 Å². The summed E-state index contributed by atoms with van der Waals surface area (Å²) in [6, 6.07) is 7.84. The fraction of sp³-hybridized carbons (Fsp3) is 0.0769. The summed E-state index contributed by atoms with van der Waals surface area (Å²) in [7, 11) is -3.98. The van der Waals surface area contributed by atoms with Crippen LogP contribution in [-0.2, 0) is 10.0 Å². The van der Waals surface area contributed by atoms with Gasteiger partial charge >= 0.3 is 0 Å². The summed E-state index contributed by atoms with van der Waals surface area (Å²) in [6.07, 6.45) is 0. The van der Waals surface area contributed by atoms with Gasteiger partial charge in [0.15, 0.2) is 0 Å². The standard InChI is InChI=1S/C13H11BrFNO3S/c1-8-2-4-10(15)7-13(8)20(18,19)16-11-6-9(14)3-5-12(11)17/h2-7,16-17H,1H3. The lowest BCUT2D eigenvalue weighted by Gasteiger charge is -2.12. The molecular formula is C13H11BrFNO3S. The van der Waals surface area contributed by atoms with Crippen molar-refractivity contribution in [3.05, 3.63) is 52.3 Å². The van der Waals surface area contributed by atoms with E-state index in [1.807, 2.05) is 0 Å². The van der Waals surface area contributed by atoms with Gasteiger partial charge < -0.3 is 5.11 Å². The molecule has 20 heavy (non-hydrogen) atoms. The normalized spacial score (nSPS) is 11.3. The van der Waals surface area contributed by atoms with Gasteiger partial charge in [-0.25, -0.2) is 12.8 Å². The summed E-state index contributed by atoms with van der Waals surface area (Å²) in [5, 5.41) is 9.65. The second-order valence-electron chi connectivity index (χ2n) is 4.18. The predicted molar refractivity (Wildman–Crippen MR) is 77.8 cm³/mol. The first-order valence-electron chi connectivity index (χ1n) is 5.57. The number of nitrogens with one attached hydrogen (secondary N) is 1. The van der Waals surface area contributed by atoms with Crippen molar-refractivity contribution in [1.82, 2.24) is 0 Å². The van der Waals surface area contributed by atoms with Crippen molar-refractivity contribution >= 4 is 31.6 Å². The number of aryl methyl sites for hydroxylation is 1. The Hall–Kier alpha value is -1.60. The molecule has 0 heterocycles. The molecule has 4 nitrogen and oxygen atoms in total. The van der Waals surface area contributed by atoms with Gasteiger partial charge in [0.1, 0.15) is 11.6 Å². The Bertz CT molecular complexity index is 762. The largest absolute Gasteiger partial charge is 0.506 e. The average Bonchev–Trinajstić information content (AvgIpc) is 2.36. The number of phenolic OH excluding ortho intramolecular Hbond substituents is 1. The summed E-state index contributed by atoms with van der Waals surface area (Å²) >= 11 is 3.18. The highest BCUT2D eigenvalue weighted by Gasteiger charge is 2.19. The Kier molecular flexibility index (Phi) is 4.01. The first-order chi connectivity index (χ1) is 9.29. The highest BCUT2D eigenvalue weighted by Crippen LogP contribution is 2.29. The van der Waals surface area contributed by atoms with Crippen molar-refractivity contribution in [2.45, 2.75) is 11.8 Å². The minimum Gasteiger partial charge on any atom is -0.506 e. The van der Waals surface area contributed by atoms with E-state index in [0.717, 1.165) is 6.07 Å². The summed E-state index contributed by atoms with van der Waals surface area (Å²) in [4.78, 5) is -0.170. The molecule has 0 spiro atoms. The fourth-order valence-corrected chi connectivity index (χ4v) is 3.34. The van der Waals surface area contributed by atoms with Crippen LogP contribution < -0.4 is 4.72 Å². The fourth-order valence-electron chi connectivity index (χ4n) is 1.65. The van der Waals surface area contributed by atoms with Crippen LogP contribution >= 0.6 is 15.9 Å². The van der Waals surface area contributed by atoms with Crippen LogP contribution in [0.1, 0.15) is 5.56 Å². The zero-order valence-corrected chi connectivity index (χ0v) is 12.8. The molecule has 0 saturated carbocycles. The molecular weight excluding hydrogens is 349 g/mol. The maximum Gasteiger partial charge on any atom is 0.262 e. The molecule has 0 aliphatic heterocycles. The number of halogens is 2. The highest BCUT2D eigenvalue weighted by molar-refractivity contribution is 9.10. The third kappa shape index (κ3) is 3.10. The van der Waals surface area contributed by atoms with Gasteiger partial charge in [0.25, 0.3) is 10.0 Å².